The van der Waals surface area contributed by atoms with Crippen molar-refractivity contribution in [3.8, 4) is 0 Å². The fraction of sp³-hybridized carbons (Fsp3) is 0.833. The lowest BCUT2D eigenvalue weighted by Gasteiger charge is -2.15. The maximum absolute atomic E-state index is 8.85. The summed E-state index contributed by atoms with van der Waals surface area (Å²) in [5.41, 5.74) is 0.146. The van der Waals surface area contributed by atoms with Gasteiger partial charge in [0.1, 0.15) is 0 Å². The fourth-order valence-corrected chi connectivity index (χ4v) is 1.73. The predicted molar refractivity (Wildman–Crippen MR) is 44.2 cm³/mol. The second-order valence-corrected chi connectivity index (χ2v) is 6.63. The Morgan fingerprint density at radius 1 is 1.40 bits per heavy atom. The number of aliphatic hydroxyl groups excluding tert-OH is 2. The molecule has 0 amide bonds. The van der Waals surface area contributed by atoms with Gasteiger partial charge in [-0.3, -0.25) is 4.79 Å². The van der Waals surface area contributed by atoms with Gasteiger partial charge in [0.25, 0.3) is 0 Å². The highest BCUT2D eigenvalue weighted by molar-refractivity contribution is 7.89. The van der Waals surface area contributed by atoms with Crippen molar-refractivity contribution in [3.63, 3.8) is 0 Å². The lowest BCUT2D eigenvalue weighted by atomic mass is 10.6. The molecule has 10 heavy (non-hydrogen) atoms. The Morgan fingerprint density at radius 2 is 1.80 bits per heavy atom. The number of rotatable bonds is 4. The lowest BCUT2D eigenvalue weighted by molar-refractivity contribution is 0.339. The zero-order valence-corrected chi connectivity index (χ0v) is 7.25. The first-order valence-corrected chi connectivity index (χ1v) is 5.49. The number of hydrogen-bond donors (Lipinski definition) is 2. The molecule has 0 spiro atoms. The third-order valence-electron chi connectivity index (χ3n) is 1.79. The van der Waals surface area contributed by atoms with Crippen molar-refractivity contribution in [1.82, 2.24) is 0 Å². The molecule has 0 aromatic carbocycles. The minimum atomic E-state index is -1.97. The zero-order valence-electron chi connectivity index (χ0n) is 6.36. The monoisotopic (exact) mass is 166 g/mol. The van der Waals surface area contributed by atoms with Crippen LogP contribution in [0.2, 0.25) is 0 Å². The summed E-state index contributed by atoms with van der Waals surface area (Å²) in [7, 11) is -1.97. The highest BCUT2D eigenvalue weighted by atomic mass is 31.2. The molecule has 60 valence electrons. The van der Waals surface area contributed by atoms with Crippen molar-refractivity contribution in [1.29, 1.82) is 0 Å². The largest absolute Gasteiger partial charge is 0.416 e. The third kappa shape index (κ3) is 1.75. The van der Waals surface area contributed by atoms with Gasteiger partial charge in [-0.1, -0.05) is 0 Å². The highest BCUT2D eigenvalue weighted by Gasteiger charge is 2.44. The molecular formula is C6H15O3P+2. The molecule has 0 bridgehead atoms. The SMILES string of the molecule is CC(C)[P+](C=[OH+])(CO)CO. The molecule has 0 heterocycles. The fourth-order valence-electron chi connectivity index (χ4n) is 0.578. The molecule has 0 fully saturated rings. The molecule has 0 aromatic rings. The second kappa shape index (κ2) is 4.02. The van der Waals surface area contributed by atoms with Gasteiger partial charge in [0.2, 0.25) is 0 Å². The Kier molecular flexibility index (Phi) is 4.02. The number of hydrogen-bond acceptors (Lipinski definition) is 2. The van der Waals surface area contributed by atoms with E-state index in [-0.39, 0.29) is 18.4 Å². The van der Waals surface area contributed by atoms with Crippen LogP contribution in [0, 0.1) is 0 Å². The Hall–Kier alpha value is 0.0200. The predicted octanol–water partition coefficient (Wildman–Crippen LogP) is 0.444. The normalized spacial score (nSPS) is 12.1. The van der Waals surface area contributed by atoms with Gasteiger partial charge < -0.3 is 10.2 Å². The maximum atomic E-state index is 8.85. The van der Waals surface area contributed by atoms with E-state index in [4.69, 9.17) is 15.0 Å². The summed E-state index contributed by atoms with van der Waals surface area (Å²) in [6.07, 6.45) is -0.227. The summed E-state index contributed by atoms with van der Waals surface area (Å²) in [4.78, 5) is 8.75. The molecule has 0 radical (unpaired) electrons. The van der Waals surface area contributed by atoms with E-state index in [0.29, 0.717) is 0 Å². The van der Waals surface area contributed by atoms with E-state index in [1.54, 1.807) is 0 Å². The summed E-state index contributed by atoms with van der Waals surface area (Å²) < 4.78 is 0. The lowest BCUT2D eigenvalue weighted by Crippen LogP contribution is -2.14. The first-order valence-electron chi connectivity index (χ1n) is 3.19. The summed E-state index contributed by atoms with van der Waals surface area (Å²) in [6.45, 7) is 3.76. The first-order chi connectivity index (χ1) is 4.63. The number of carbonyl (C=O) groups excluding carboxylic acids is 1. The minimum Gasteiger partial charge on any atom is -0.361 e. The average Bonchev–Trinajstić information content (AvgIpc) is 1.92. The van der Waals surface area contributed by atoms with Gasteiger partial charge in [0, 0.05) is 0 Å². The van der Waals surface area contributed by atoms with Gasteiger partial charge in [-0.05, 0) is 13.8 Å². The second-order valence-electron chi connectivity index (χ2n) is 2.60. The first kappa shape index (κ1) is 10.0. The molecule has 3 N–H and O–H groups in total. The number of aliphatic hydroxyl groups is 2. The maximum Gasteiger partial charge on any atom is 0.416 e. The third-order valence-corrected chi connectivity index (χ3v) is 5.36. The Morgan fingerprint density at radius 3 is 1.80 bits per heavy atom. The van der Waals surface area contributed by atoms with Crippen LogP contribution in [0.5, 0.6) is 0 Å². The van der Waals surface area contributed by atoms with Crippen molar-refractivity contribution >= 4 is 13.3 Å². The van der Waals surface area contributed by atoms with Crippen molar-refractivity contribution in [3.05, 3.63) is 0 Å². The van der Waals surface area contributed by atoms with Crippen LogP contribution in [0.3, 0.4) is 0 Å². The smallest absolute Gasteiger partial charge is 0.361 e. The Balaban J connectivity index is 4.30. The zero-order chi connectivity index (χ0) is 8.20. The van der Waals surface area contributed by atoms with Gasteiger partial charge in [-0.25, -0.2) is 0 Å². The van der Waals surface area contributed by atoms with Crippen LogP contribution in [0.1, 0.15) is 13.8 Å². The summed E-state index contributed by atoms with van der Waals surface area (Å²) in [5, 5.41) is 17.7. The molecule has 0 saturated heterocycles. The van der Waals surface area contributed by atoms with E-state index in [2.05, 4.69) is 0 Å². The van der Waals surface area contributed by atoms with Gasteiger partial charge in [-0.2, -0.15) is 0 Å². The van der Waals surface area contributed by atoms with E-state index < -0.39 is 7.26 Å². The minimum absolute atomic E-state index is 0.113. The van der Waals surface area contributed by atoms with E-state index >= 15 is 0 Å². The van der Waals surface area contributed by atoms with Crippen LogP contribution in [-0.4, -0.2) is 39.4 Å². The molecule has 0 unspecified atom stereocenters. The van der Waals surface area contributed by atoms with Gasteiger partial charge in [-0.15, -0.1) is 0 Å². The quantitative estimate of drug-likeness (QED) is 0.361. The van der Waals surface area contributed by atoms with Gasteiger partial charge in [0.15, 0.2) is 20.0 Å². The van der Waals surface area contributed by atoms with Crippen molar-refractivity contribution in [2.75, 3.05) is 12.7 Å². The van der Waals surface area contributed by atoms with Gasteiger partial charge in [0.05, 0.1) is 5.66 Å². The van der Waals surface area contributed by atoms with Crippen LogP contribution in [-0.2, 0) is 0 Å². The molecule has 3 nitrogen and oxygen atoms in total. The van der Waals surface area contributed by atoms with Crippen LogP contribution >= 0.6 is 7.26 Å². The van der Waals surface area contributed by atoms with E-state index in [0.717, 1.165) is 6.03 Å². The molecule has 0 rings (SSSR count). The summed E-state index contributed by atoms with van der Waals surface area (Å²) in [6, 6.07) is 0.984. The van der Waals surface area contributed by atoms with E-state index in [9.17, 15) is 0 Å². The molecule has 4 heteroatoms. The molecule has 0 aromatic heterocycles. The van der Waals surface area contributed by atoms with Crippen LogP contribution < -0.4 is 0 Å². The van der Waals surface area contributed by atoms with E-state index in [1.807, 2.05) is 13.8 Å². The Bertz CT molecular complexity index is 110. The van der Waals surface area contributed by atoms with Crippen LogP contribution in [0.25, 0.3) is 0 Å². The van der Waals surface area contributed by atoms with E-state index in [1.165, 1.54) is 0 Å². The summed E-state index contributed by atoms with van der Waals surface area (Å²) in [5.74, 6) is 0. The molecule has 0 aliphatic rings. The highest BCUT2D eigenvalue weighted by Crippen LogP contribution is 2.57. The van der Waals surface area contributed by atoms with Crippen LogP contribution in [0.15, 0.2) is 0 Å². The Labute approximate surface area is 61.4 Å². The van der Waals surface area contributed by atoms with Gasteiger partial charge >= 0.3 is 6.03 Å². The standard InChI is InChI=1S/C6H14O3P/c1-6(2)10(3-7,4-8)5-9/h3,6,8-9H,4-5H2,1-2H3/q+1/p+1. The molecule has 0 saturated carbocycles. The van der Waals surface area contributed by atoms with Crippen LogP contribution in [0.4, 0.5) is 0 Å². The van der Waals surface area contributed by atoms with Crippen molar-refractivity contribution in [2.24, 2.45) is 0 Å². The van der Waals surface area contributed by atoms with Crippen molar-refractivity contribution < 1.29 is 15.0 Å². The topological polar surface area (TPSA) is 61.9 Å². The average molecular weight is 166 g/mol. The molecular weight excluding hydrogens is 151 g/mol. The van der Waals surface area contributed by atoms with Crippen molar-refractivity contribution in [2.45, 2.75) is 19.5 Å². The molecule has 0 atom stereocenters. The molecule has 0 aliphatic carbocycles. The summed E-state index contributed by atoms with van der Waals surface area (Å²) >= 11 is 0. The molecule has 0 aliphatic heterocycles.